The summed E-state index contributed by atoms with van der Waals surface area (Å²) in [6, 6.07) is 0. The van der Waals surface area contributed by atoms with Crippen molar-refractivity contribution in [3.63, 3.8) is 0 Å². The normalized spacial score (nSPS) is 12.8. The monoisotopic (exact) mass is 835 g/mol. The van der Waals surface area contributed by atoms with Crippen LogP contribution in [0.3, 0.4) is 0 Å². The zero-order valence-electron chi connectivity index (χ0n) is 38.9. The number of rotatable bonds is 43. The highest BCUT2D eigenvalue weighted by Gasteiger charge is 2.19. The molecule has 0 aromatic rings. The van der Waals surface area contributed by atoms with Crippen LogP contribution in [0.1, 0.15) is 220 Å². The van der Waals surface area contributed by atoms with Gasteiger partial charge in [-0.2, -0.15) is 0 Å². The first-order valence-corrected chi connectivity index (χ1v) is 24.6. The fourth-order valence-electron chi connectivity index (χ4n) is 6.47. The van der Waals surface area contributed by atoms with Crippen LogP contribution >= 0.6 is 0 Å². The summed E-state index contributed by atoms with van der Waals surface area (Å²) < 4.78 is 16.7. The van der Waals surface area contributed by atoms with Gasteiger partial charge in [0.25, 0.3) is 0 Å². The Morgan fingerprint density at radius 2 is 0.717 bits per heavy atom. The van der Waals surface area contributed by atoms with Gasteiger partial charge in [0.15, 0.2) is 6.10 Å². The molecule has 342 valence electrons. The summed E-state index contributed by atoms with van der Waals surface area (Å²) in [4.78, 5) is 37.8. The van der Waals surface area contributed by atoms with Gasteiger partial charge in [0, 0.05) is 19.3 Å². The minimum absolute atomic E-state index is 0.103. The van der Waals surface area contributed by atoms with E-state index >= 15 is 0 Å². The van der Waals surface area contributed by atoms with Crippen LogP contribution in [0.25, 0.3) is 0 Å². The number of allylic oxidation sites excluding steroid dienone is 14. The number of carbonyl (C=O) groups is 3. The SMILES string of the molecule is CC/C=C\C/C=C\CCCCC(=O)OCC(COC(=O)CCCCCCC\C=C/C=C\C=C/CCCCCCC)OC(=O)CCCCCCCC/C=C\C=C/CCCCC. The predicted octanol–water partition coefficient (Wildman–Crippen LogP) is 16.0. The first-order valence-electron chi connectivity index (χ1n) is 24.6. The lowest BCUT2D eigenvalue weighted by molar-refractivity contribution is -0.167. The van der Waals surface area contributed by atoms with E-state index in [1.165, 1.54) is 70.6 Å². The Bertz CT molecular complexity index is 1190. The van der Waals surface area contributed by atoms with E-state index in [0.29, 0.717) is 19.3 Å². The molecule has 0 aromatic carbocycles. The lowest BCUT2D eigenvalue weighted by Crippen LogP contribution is -2.30. The maximum Gasteiger partial charge on any atom is 0.306 e. The summed E-state index contributed by atoms with van der Waals surface area (Å²) in [7, 11) is 0. The molecule has 0 N–H and O–H groups in total. The Morgan fingerprint density at radius 1 is 0.367 bits per heavy atom. The number of esters is 3. The first-order chi connectivity index (χ1) is 29.5. The molecule has 6 nitrogen and oxygen atoms in total. The van der Waals surface area contributed by atoms with Gasteiger partial charge in [-0.05, 0) is 96.3 Å². The third-order valence-electron chi connectivity index (χ3n) is 10.2. The summed E-state index contributed by atoms with van der Waals surface area (Å²) in [5.74, 6) is -0.975. The maximum absolute atomic E-state index is 12.7. The molecule has 0 rings (SSSR count). The fourth-order valence-corrected chi connectivity index (χ4v) is 6.47. The van der Waals surface area contributed by atoms with Gasteiger partial charge in [0.1, 0.15) is 13.2 Å². The Hall–Kier alpha value is -3.41. The average molecular weight is 835 g/mol. The van der Waals surface area contributed by atoms with Gasteiger partial charge in [0.05, 0.1) is 0 Å². The van der Waals surface area contributed by atoms with Gasteiger partial charge in [0.2, 0.25) is 0 Å². The Morgan fingerprint density at radius 3 is 1.22 bits per heavy atom. The van der Waals surface area contributed by atoms with E-state index < -0.39 is 6.10 Å². The van der Waals surface area contributed by atoms with Crippen LogP contribution in [-0.2, 0) is 28.6 Å². The molecule has 0 aromatic heterocycles. The molecule has 0 radical (unpaired) electrons. The van der Waals surface area contributed by atoms with Crippen molar-refractivity contribution in [2.24, 2.45) is 0 Å². The van der Waals surface area contributed by atoms with Gasteiger partial charge in [-0.3, -0.25) is 14.4 Å². The third-order valence-corrected chi connectivity index (χ3v) is 10.2. The molecule has 0 aliphatic carbocycles. The fraction of sp³-hybridized carbons (Fsp3) is 0.685. The highest BCUT2D eigenvalue weighted by molar-refractivity contribution is 5.71. The number of carbonyl (C=O) groups excluding carboxylic acids is 3. The average Bonchev–Trinajstić information content (AvgIpc) is 3.24. The third kappa shape index (κ3) is 45.7. The molecule has 0 saturated heterocycles. The molecule has 0 aliphatic rings. The zero-order valence-corrected chi connectivity index (χ0v) is 38.9. The van der Waals surface area contributed by atoms with Gasteiger partial charge in [-0.15, -0.1) is 0 Å². The van der Waals surface area contributed by atoms with Gasteiger partial charge < -0.3 is 14.2 Å². The van der Waals surface area contributed by atoms with E-state index in [4.69, 9.17) is 14.2 Å². The van der Waals surface area contributed by atoms with Crippen molar-refractivity contribution in [1.82, 2.24) is 0 Å². The van der Waals surface area contributed by atoms with Crippen LogP contribution in [0.4, 0.5) is 0 Å². The van der Waals surface area contributed by atoms with E-state index in [1.54, 1.807) is 0 Å². The van der Waals surface area contributed by atoms with E-state index in [0.717, 1.165) is 109 Å². The second-order valence-electron chi connectivity index (χ2n) is 16.1. The van der Waals surface area contributed by atoms with Crippen LogP contribution in [-0.4, -0.2) is 37.2 Å². The lowest BCUT2D eigenvalue weighted by atomic mass is 10.1. The van der Waals surface area contributed by atoms with Crippen molar-refractivity contribution >= 4 is 17.9 Å². The molecular formula is C54H90O6. The number of hydrogen-bond donors (Lipinski definition) is 0. The molecule has 0 saturated carbocycles. The van der Waals surface area contributed by atoms with Gasteiger partial charge in [-0.25, -0.2) is 0 Å². The molecule has 1 atom stereocenters. The van der Waals surface area contributed by atoms with Crippen molar-refractivity contribution in [2.75, 3.05) is 13.2 Å². The molecule has 1 unspecified atom stereocenters. The molecule has 6 heteroatoms. The molecule has 0 spiro atoms. The highest BCUT2D eigenvalue weighted by atomic mass is 16.6. The first kappa shape index (κ1) is 56.6. The summed E-state index contributed by atoms with van der Waals surface area (Å²) in [6.07, 6.45) is 61.4. The second-order valence-corrected chi connectivity index (χ2v) is 16.1. The van der Waals surface area contributed by atoms with E-state index in [-0.39, 0.29) is 31.1 Å². The Kier molecular flexibility index (Phi) is 45.5. The Labute approximate surface area is 369 Å². The molecule has 0 aliphatic heterocycles. The quantitative estimate of drug-likeness (QED) is 0.0200. The minimum Gasteiger partial charge on any atom is -0.462 e. The number of hydrogen-bond acceptors (Lipinski definition) is 6. The van der Waals surface area contributed by atoms with Crippen LogP contribution in [0.2, 0.25) is 0 Å². The maximum atomic E-state index is 12.7. The largest absolute Gasteiger partial charge is 0.462 e. The van der Waals surface area contributed by atoms with Crippen LogP contribution in [0.5, 0.6) is 0 Å². The predicted molar refractivity (Wildman–Crippen MR) is 256 cm³/mol. The molecule has 0 amide bonds. The summed E-state index contributed by atoms with van der Waals surface area (Å²) >= 11 is 0. The van der Waals surface area contributed by atoms with Gasteiger partial charge in [-0.1, -0.05) is 189 Å². The summed E-state index contributed by atoms with van der Waals surface area (Å²) in [5.41, 5.74) is 0. The van der Waals surface area contributed by atoms with Crippen molar-refractivity contribution in [3.05, 3.63) is 85.1 Å². The summed E-state index contributed by atoms with van der Waals surface area (Å²) in [5, 5.41) is 0. The Balaban J connectivity index is 4.43. The van der Waals surface area contributed by atoms with Crippen LogP contribution in [0.15, 0.2) is 85.1 Å². The van der Waals surface area contributed by atoms with Crippen molar-refractivity contribution in [3.8, 4) is 0 Å². The number of unbranched alkanes of at least 4 members (excludes halogenated alkanes) is 21. The van der Waals surface area contributed by atoms with Crippen LogP contribution < -0.4 is 0 Å². The van der Waals surface area contributed by atoms with Crippen molar-refractivity contribution < 1.29 is 28.6 Å². The number of ether oxygens (including phenoxy) is 3. The van der Waals surface area contributed by atoms with E-state index in [9.17, 15) is 14.4 Å². The van der Waals surface area contributed by atoms with Crippen LogP contribution in [0, 0.1) is 0 Å². The topological polar surface area (TPSA) is 78.9 Å². The van der Waals surface area contributed by atoms with E-state index in [1.807, 2.05) is 0 Å². The lowest BCUT2D eigenvalue weighted by Gasteiger charge is -2.18. The minimum atomic E-state index is -0.803. The molecule has 60 heavy (non-hydrogen) atoms. The molecule has 0 heterocycles. The molecule has 0 fully saturated rings. The smallest absolute Gasteiger partial charge is 0.306 e. The standard InChI is InChI=1S/C54H90O6/c1-4-7-10-13-16-19-21-23-25-26-27-29-30-32-35-38-41-44-47-53(56)59-50-51(49-58-52(55)46-43-40-37-34-18-15-12-9-6-3)60-54(57)48-45-42-39-36-33-31-28-24-22-20-17-14-11-8-5-2/h9,12,17-18,20-27,29,34,51H,4-8,10-11,13-16,19,28,30-33,35-50H2,1-3H3/b12-9-,20-17-,23-21-,24-22-,26-25-,29-27-,34-18-. The van der Waals surface area contributed by atoms with Crippen molar-refractivity contribution in [1.29, 1.82) is 0 Å². The van der Waals surface area contributed by atoms with Crippen molar-refractivity contribution in [2.45, 2.75) is 226 Å². The molecule has 0 bridgehead atoms. The molecular weight excluding hydrogens is 745 g/mol. The van der Waals surface area contributed by atoms with Gasteiger partial charge >= 0.3 is 17.9 Å². The van der Waals surface area contributed by atoms with E-state index in [2.05, 4.69) is 106 Å². The second kappa shape index (κ2) is 48.3. The highest BCUT2D eigenvalue weighted by Crippen LogP contribution is 2.13. The summed E-state index contributed by atoms with van der Waals surface area (Å²) in [6.45, 7) is 6.39. The zero-order chi connectivity index (χ0) is 43.7.